The third kappa shape index (κ3) is 2.93. The van der Waals surface area contributed by atoms with Crippen LogP contribution in [0.1, 0.15) is 0 Å². The zero-order chi connectivity index (χ0) is 16.2. The number of hydrogen-bond donors (Lipinski definition) is 2. The van der Waals surface area contributed by atoms with E-state index in [1.54, 1.807) is 6.07 Å². The molecule has 0 saturated carbocycles. The first-order chi connectivity index (χ1) is 11.3. The molecule has 3 aromatic rings. The quantitative estimate of drug-likeness (QED) is 0.687. The van der Waals surface area contributed by atoms with Gasteiger partial charge in [0.05, 0.1) is 13.2 Å². The minimum atomic E-state index is -0.380. The molecule has 120 valence electrons. The summed E-state index contributed by atoms with van der Waals surface area (Å²) in [6, 6.07) is 11.9. The van der Waals surface area contributed by atoms with Crippen LogP contribution in [0.5, 0.6) is 11.5 Å². The maximum atomic E-state index is 13.7. The van der Waals surface area contributed by atoms with Crippen molar-refractivity contribution in [2.24, 2.45) is 0 Å². The number of aliphatic hydroxyl groups excluding tert-OH is 2. The van der Waals surface area contributed by atoms with Crippen LogP contribution >= 0.6 is 0 Å². The average molecular weight is 316 g/mol. The third-order valence-corrected chi connectivity index (χ3v) is 3.56. The number of halogens is 1. The fourth-order valence-corrected chi connectivity index (χ4v) is 2.68. The normalized spacial score (nSPS) is 11.1. The standard InChI is InChI=1S/C18H17FO4/c19-12-5-6-15-16(11-12)18(23-10-8-21)14-4-2-1-3-13(14)17(15)22-9-7-20/h1-6,11,20-21H,7-10H2. The Labute approximate surface area is 132 Å². The molecule has 0 heterocycles. The Morgan fingerprint density at radius 3 is 1.83 bits per heavy atom. The predicted molar refractivity (Wildman–Crippen MR) is 86.6 cm³/mol. The molecule has 0 aromatic heterocycles. The lowest BCUT2D eigenvalue weighted by molar-refractivity contribution is 0.202. The van der Waals surface area contributed by atoms with Gasteiger partial charge in [-0.1, -0.05) is 24.3 Å². The van der Waals surface area contributed by atoms with Crippen LogP contribution in [0.15, 0.2) is 42.5 Å². The second kappa shape index (κ2) is 6.81. The van der Waals surface area contributed by atoms with Crippen LogP contribution < -0.4 is 9.47 Å². The number of aliphatic hydroxyl groups is 2. The molecule has 0 aliphatic rings. The number of benzene rings is 3. The lowest BCUT2D eigenvalue weighted by Gasteiger charge is -2.17. The van der Waals surface area contributed by atoms with E-state index in [0.29, 0.717) is 22.3 Å². The van der Waals surface area contributed by atoms with Gasteiger partial charge in [0.1, 0.15) is 30.5 Å². The van der Waals surface area contributed by atoms with Crippen molar-refractivity contribution >= 4 is 21.5 Å². The molecule has 3 rings (SSSR count). The number of fused-ring (bicyclic) bond motifs is 2. The van der Waals surface area contributed by atoms with Gasteiger partial charge >= 0.3 is 0 Å². The van der Waals surface area contributed by atoms with Gasteiger partial charge in [-0.3, -0.25) is 0 Å². The van der Waals surface area contributed by atoms with Crippen molar-refractivity contribution in [3.05, 3.63) is 48.3 Å². The third-order valence-electron chi connectivity index (χ3n) is 3.56. The smallest absolute Gasteiger partial charge is 0.135 e. The van der Waals surface area contributed by atoms with Gasteiger partial charge in [0, 0.05) is 21.5 Å². The first-order valence-electron chi connectivity index (χ1n) is 7.37. The van der Waals surface area contributed by atoms with Crippen LogP contribution in [-0.2, 0) is 0 Å². The van der Waals surface area contributed by atoms with Gasteiger partial charge in [0.15, 0.2) is 0 Å². The van der Waals surface area contributed by atoms with Gasteiger partial charge < -0.3 is 19.7 Å². The Bertz CT molecular complexity index is 832. The molecular weight excluding hydrogens is 299 g/mol. The molecular formula is C18H17FO4. The molecule has 3 aromatic carbocycles. The summed E-state index contributed by atoms with van der Waals surface area (Å²) >= 11 is 0. The van der Waals surface area contributed by atoms with E-state index in [4.69, 9.17) is 19.7 Å². The summed E-state index contributed by atoms with van der Waals surface area (Å²) in [7, 11) is 0. The van der Waals surface area contributed by atoms with Crippen LogP contribution in [0, 0.1) is 5.82 Å². The van der Waals surface area contributed by atoms with Crippen LogP contribution in [0.2, 0.25) is 0 Å². The van der Waals surface area contributed by atoms with Gasteiger partial charge in [-0.2, -0.15) is 0 Å². The molecule has 4 nitrogen and oxygen atoms in total. The molecule has 0 atom stereocenters. The summed E-state index contributed by atoms with van der Waals surface area (Å²) in [4.78, 5) is 0. The summed E-state index contributed by atoms with van der Waals surface area (Å²) in [6.45, 7) is 0.0213. The fraction of sp³-hybridized carbons (Fsp3) is 0.222. The highest BCUT2D eigenvalue weighted by Crippen LogP contribution is 2.42. The lowest BCUT2D eigenvalue weighted by Crippen LogP contribution is -2.05. The summed E-state index contributed by atoms with van der Waals surface area (Å²) < 4.78 is 25.1. The van der Waals surface area contributed by atoms with E-state index in [9.17, 15) is 4.39 Å². The van der Waals surface area contributed by atoms with Crippen molar-refractivity contribution in [1.29, 1.82) is 0 Å². The van der Waals surface area contributed by atoms with Crippen LogP contribution in [0.3, 0.4) is 0 Å². The van der Waals surface area contributed by atoms with E-state index in [-0.39, 0.29) is 32.2 Å². The molecule has 0 radical (unpaired) electrons. The summed E-state index contributed by atoms with van der Waals surface area (Å²) in [5.41, 5.74) is 0. The Kier molecular flexibility index (Phi) is 4.60. The number of hydrogen-bond acceptors (Lipinski definition) is 4. The highest BCUT2D eigenvalue weighted by atomic mass is 19.1. The van der Waals surface area contributed by atoms with Gasteiger partial charge in [-0.25, -0.2) is 4.39 Å². The van der Waals surface area contributed by atoms with Crippen molar-refractivity contribution in [3.8, 4) is 11.5 Å². The van der Waals surface area contributed by atoms with Gasteiger partial charge in [-0.05, 0) is 18.2 Å². The monoisotopic (exact) mass is 316 g/mol. The molecule has 0 amide bonds. The van der Waals surface area contributed by atoms with E-state index in [1.165, 1.54) is 12.1 Å². The van der Waals surface area contributed by atoms with E-state index in [1.807, 2.05) is 24.3 Å². The second-order valence-electron chi connectivity index (χ2n) is 5.04. The van der Waals surface area contributed by atoms with Gasteiger partial charge in [-0.15, -0.1) is 0 Å². The zero-order valence-electron chi connectivity index (χ0n) is 12.5. The van der Waals surface area contributed by atoms with E-state index < -0.39 is 0 Å². The van der Waals surface area contributed by atoms with E-state index in [0.717, 1.165) is 10.8 Å². The highest BCUT2D eigenvalue weighted by Gasteiger charge is 2.16. The van der Waals surface area contributed by atoms with Crippen molar-refractivity contribution in [3.63, 3.8) is 0 Å². The predicted octanol–water partition coefficient (Wildman–Crippen LogP) is 2.87. The molecule has 5 heteroatoms. The van der Waals surface area contributed by atoms with Gasteiger partial charge in [0.25, 0.3) is 0 Å². The Morgan fingerprint density at radius 2 is 1.26 bits per heavy atom. The molecule has 0 fully saturated rings. The van der Waals surface area contributed by atoms with Crippen LogP contribution in [-0.4, -0.2) is 36.6 Å². The Morgan fingerprint density at radius 1 is 0.739 bits per heavy atom. The maximum absolute atomic E-state index is 13.7. The summed E-state index contributed by atoms with van der Waals surface area (Å²) in [6.07, 6.45) is 0. The molecule has 0 aliphatic carbocycles. The Balaban J connectivity index is 2.35. The van der Waals surface area contributed by atoms with Crippen molar-refractivity contribution < 1.29 is 24.1 Å². The minimum absolute atomic E-state index is 0.111. The number of ether oxygens (including phenoxy) is 2. The van der Waals surface area contributed by atoms with E-state index in [2.05, 4.69) is 0 Å². The second-order valence-corrected chi connectivity index (χ2v) is 5.04. The van der Waals surface area contributed by atoms with Crippen LogP contribution in [0.25, 0.3) is 21.5 Å². The average Bonchev–Trinajstić information content (AvgIpc) is 2.58. The molecule has 0 bridgehead atoms. The van der Waals surface area contributed by atoms with Crippen molar-refractivity contribution in [2.45, 2.75) is 0 Å². The summed E-state index contributed by atoms with van der Waals surface area (Å²) in [5.74, 6) is 0.719. The molecule has 0 saturated heterocycles. The first-order valence-corrected chi connectivity index (χ1v) is 7.37. The Hall–Kier alpha value is -2.37. The maximum Gasteiger partial charge on any atom is 0.135 e. The molecule has 0 unspecified atom stereocenters. The molecule has 0 aliphatic heterocycles. The number of rotatable bonds is 6. The van der Waals surface area contributed by atoms with Gasteiger partial charge in [0.2, 0.25) is 0 Å². The topological polar surface area (TPSA) is 58.9 Å². The minimum Gasteiger partial charge on any atom is -0.490 e. The van der Waals surface area contributed by atoms with Crippen molar-refractivity contribution in [1.82, 2.24) is 0 Å². The van der Waals surface area contributed by atoms with Crippen molar-refractivity contribution in [2.75, 3.05) is 26.4 Å². The molecule has 23 heavy (non-hydrogen) atoms. The fourth-order valence-electron chi connectivity index (χ4n) is 2.68. The summed E-state index contributed by atoms with van der Waals surface area (Å²) in [5, 5.41) is 21.0. The highest BCUT2D eigenvalue weighted by molar-refractivity contribution is 6.11. The van der Waals surface area contributed by atoms with Crippen LogP contribution in [0.4, 0.5) is 4.39 Å². The SMILES string of the molecule is OCCOc1c2ccccc2c(OCCO)c2cc(F)ccc12. The first kappa shape index (κ1) is 15.5. The zero-order valence-corrected chi connectivity index (χ0v) is 12.5. The molecule has 2 N–H and O–H groups in total. The largest absolute Gasteiger partial charge is 0.490 e. The van der Waals surface area contributed by atoms with E-state index >= 15 is 0 Å². The molecule has 0 spiro atoms. The lowest BCUT2D eigenvalue weighted by atomic mass is 10.0.